The third-order valence-electron chi connectivity index (χ3n) is 5.96. The van der Waals surface area contributed by atoms with E-state index in [2.05, 4.69) is 9.88 Å². The molecule has 3 heterocycles. The Labute approximate surface area is 165 Å². The molecular formula is C22H29N3O3. The Morgan fingerprint density at radius 2 is 2.00 bits per heavy atom. The molecule has 0 aliphatic carbocycles. The van der Waals surface area contributed by atoms with Crippen molar-refractivity contribution in [2.45, 2.75) is 32.2 Å². The molecule has 4 rings (SSSR count). The molecule has 0 bridgehead atoms. The zero-order valence-electron chi connectivity index (χ0n) is 16.4. The highest BCUT2D eigenvalue weighted by molar-refractivity contribution is 5.78. The smallest absolute Gasteiger partial charge is 0.252 e. The van der Waals surface area contributed by atoms with Gasteiger partial charge in [-0.15, -0.1) is 0 Å². The molecule has 1 amide bonds. The van der Waals surface area contributed by atoms with Crippen molar-refractivity contribution < 1.29 is 9.53 Å². The van der Waals surface area contributed by atoms with Crippen molar-refractivity contribution in [1.82, 2.24) is 14.8 Å². The van der Waals surface area contributed by atoms with E-state index in [0.717, 1.165) is 55.5 Å². The van der Waals surface area contributed by atoms with Gasteiger partial charge in [-0.2, -0.15) is 0 Å². The lowest BCUT2D eigenvalue weighted by Crippen LogP contribution is -2.41. The van der Waals surface area contributed by atoms with Gasteiger partial charge in [0.1, 0.15) is 0 Å². The Hall–Kier alpha value is -2.18. The van der Waals surface area contributed by atoms with Gasteiger partial charge in [0.2, 0.25) is 5.91 Å². The monoisotopic (exact) mass is 383 g/mol. The minimum atomic E-state index is 0.00307. The van der Waals surface area contributed by atoms with E-state index >= 15 is 0 Å². The number of fused-ring (bicyclic) bond motifs is 1. The molecule has 6 nitrogen and oxygen atoms in total. The van der Waals surface area contributed by atoms with Crippen LogP contribution >= 0.6 is 0 Å². The molecule has 0 saturated carbocycles. The minimum Gasteiger partial charge on any atom is -0.378 e. The number of pyridine rings is 1. The molecule has 2 aromatic rings. The van der Waals surface area contributed by atoms with Crippen molar-refractivity contribution in [1.29, 1.82) is 0 Å². The summed E-state index contributed by atoms with van der Waals surface area (Å²) in [5.41, 5.74) is 1.71. The van der Waals surface area contributed by atoms with Crippen LogP contribution in [0.25, 0.3) is 10.9 Å². The first-order valence-corrected chi connectivity index (χ1v) is 10.4. The van der Waals surface area contributed by atoms with Gasteiger partial charge in [0.25, 0.3) is 5.56 Å². The maximum atomic E-state index is 12.4. The maximum absolute atomic E-state index is 12.4. The third kappa shape index (κ3) is 4.62. The van der Waals surface area contributed by atoms with E-state index in [4.69, 9.17) is 4.74 Å². The number of nitrogens with one attached hydrogen (secondary N) is 1. The lowest BCUT2D eigenvalue weighted by Gasteiger charge is -2.33. The first kappa shape index (κ1) is 19.2. The number of amides is 1. The number of para-hydroxylation sites is 1. The van der Waals surface area contributed by atoms with Crippen LogP contribution < -0.4 is 5.56 Å². The van der Waals surface area contributed by atoms with Crippen LogP contribution in [0.4, 0.5) is 0 Å². The quantitative estimate of drug-likeness (QED) is 0.861. The maximum Gasteiger partial charge on any atom is 0.252 e. The number of carbonyl (C=O) groups excluding carboxylic acids is 1. The summed E-state index contributed by atoms with van der Waals surface area (Å²) in [6.07, 6.45) is 3.85. The number of hydrogen-bond acceptors (Lipinski definition) is 4. The average Bonchev–Trinajstić information content (AvgIpc) is 2.73. The Balaban J connectivity index is 1.33. The van der Waals surface area contributed by atoms with Crippen LogP contribution in [0.5, 0.6) is 0 Å². The molecule has 0 spiro atoms. The highest BCUT2D eigenvalue weighted by atomic mass is 16.5. The van der Waals surface area contributed by atoms with E-state index in [9.17, 15) is 9.59 Å². The number of carbonyl (C=O) groups is 1. The Morgan fingerprint density at radius 1 is 1.18 bits per heavy atom. The van der Waals surface area contributed by atoms with Gasteiger partial charge >= 0.3 is 0 Å². The number of likely N-dealkylation sites (tertiary alicyclic amines) is 1. The average molecular weight is 383 g/mol. The summed E-state index contributed by atoms with van der Waals surface area (Å²) in [4.78, 5) is 32.1. The Kier molecular flexibility index (Phi) is 6.07. The SMILES string of the molecule is O=C(CC[C@H]1CCCN(Cc2cc3ccccc3[nH]c2=O)C1)N1CCOCC1. The van der Waals surface area contributed by atoms with Gasteiger partial charge in [-0.05, 0) is 49.2 Å². The number of nitrogens with zero attached hydrogens (tertiary/aromatic N) is 2. The second-order valence-corrected chi connectivity index (χ2v) is 7.99. The second-order valence-electron chi connectivity index (χ2n) is 7.99. The van der Waals surface area contributed by atoms with E-state index in [-0.39, 0.29) is 11.5 Å². The molecule has 0 unspecified atom stereocenters. The van der Waals surface area contributed by atoms with Crippen molar-refractivity contribution in [3.8, 4) is 0 Å². The van der Waals surface area contributed by atoms with Crippen molar-refractivity contribution in [2.24, 2.45) is 5.92 Å². The summed E-state index contributed by atoms with van der Waals surface area (Å²) >= 11 is 0. The normalized spacial score (nSPS) is 21.1. The molecule has 1 aromatic heterocycles. The zero-order chi connectivity index (χ0) is 19.3. The predicted molar refractivity (Wildman–Crippen MR) is 109 cm³/mol. The van der Waals surface area contributed by atoms with E-state index in [0.29, 0.717) is 32.1 Å². The summed E-state index contributed by atoms with van der Waals surface area (Å²) in [7, 11) is 0. The molecule has 2 saturated heterocycles. The highest BCUT2D eigenvalue weighted by Crippen LogP contribution is 2.23. The van der Waals surface area contributed by atoms with Crippen LogP contribution in [0.1, 0.15) is 31.2 Å². The number of hydrogen-bond donors (Lipinski definition) is 1. The molecule has 2 aliphatic rings. The summed E-state index contributed by atoms with van der Waals surface area (Å²) in [6.45, 7) is 5.41. The van der Waals surface area contributed by atoms with Gasteiger partial charge in [-0.25, -0.2) is 0 Å². The van der Waals surface area contributed by atoms with Gasteiger partial charge < -0.3 is 14.6 Å². The summed E-state index contributed by atoms with van der Waals surface area (Å²) in [6, 6.07) is 9.91. The fraction of sp³-hybridized carbons (Fsp3) is 0.545. The molecule has 2 aliphatic heterocycles. The van der Waals surface area contributed by atoms with E-state index in [1.165, 1.54) is 6.42 Å². The molecule has 1 atom stereocenters. The number of H-pyrrole nitrogens is 1. The van der Waals surface area contributed by atoms with Gasteiger partial charge in [0.15, 0.2) is 0 Å². The third-order valence-corrected chi connectivity index (χ3v) is 5.96. The van der Waals surface area contributed by atoms with Crippen LogP contribution in [-0.2, 0) is 16.1 Å². The fourth-order valence-corrected chi connectivity index (χ4v) is 4.38. The standard InChI is InChI=1S/C22H29N3O3/c26-21(25-10-12-28-13-11-25)8-7-17-4-3-9-24(15-17)16-19-14-18-5-1-2-6-20(18)23-22(19)27/h1-2,5-6,14,17H,3-4,7-13,15-16H2,(H,23,27)/t17-/m1/s1. The Bertz CT molecular complexity index is 873. The molecular weight excluding hydrogens is 354 g/mol. The largest absolute Gasteiger partial charge is 0.378 e. The number of aromatic amines is 1. The summed E-state index contributed by atoms with van der Waals surface area (Å²) < 4.78 is 5.32. The number of ether oxygens (including phenoxy) is 1. The van der Waals surface area contributed by atoms with Crippen molar-refractivity contribution in [3.05, 3.63) is 46.2 Å². The molecule has 28 heavy (non-hydrogen) atoms. The van der Waals surface area contributed by atoms with Crippen LogP contribution in [-0.4, -0.2) is 60.1 Å². The van der Waals surface area contributed by atoms with Gasteiger partial charge in [-0.3, -0.25) is 14.5 Å². The lowest BCUT2D eigenvalue weighted by atomic mass is 9.93. The minimum absolute atomic E-state index is 0.00307. The van der Waals surface area contributed by atoms with Crippen LogP contribution in [0.2, 0.25) is 0 Å². The number of piperidine rings is 1. The fourth-order valence-electron chi connectivity index (χ4n) is 4.38. The van der Waals surface area contributed by atoms with Crippen LogP contribution in [0.3, 0.4) is 0 Å². The van der Waals surface area contributed by atoms with E-state index in [1.807, 2.05) is 35.2 Å². The topological polar surface area (TPSA) is 65.6 Å². The molecule has 2 fully saturated rings. The number of rotatable bonds is 5. The van der Waals surface area contributed by atoms with Crippen molar-refractivity contribution >= 4 is 16.8 Å². The molecule has 150 valence electrons. The van der Waals surface area contributed by atoms with Gasteiger partial charge in [-0.1, -0.05) is 18.2 Å². The first-order valence-electron chi connectivity index (χ1n) is 10.4. The molecule has 0 radical (unpaired) electrons. The highest BCUT2D eigenvalue weighted by Gasteiger charge is 2.23. The number of benzene rings is 1. The van der Waals surface area contributed by atoms with Crippen LogP contribution in [0, 0.1) is 5.92 Å². The van der Waals surface area contributed by atoms with Gasteiger partial charge in [0.05, 0.1) is 13.2 Å². The Morgan fingerprint density at radius 3 is 2.86 bits per heavy atom. The van der Waals surface area contributed by atoms with E-state index < -0.39 is 0 Å². The lowest BCUT2D eigenvalue weighted by molar-refractivity contribution is -0.135. The zero-order valence-corrected chi connectivity index (χ0v) is 16.4. The van der Waals surface area contributed by atoms with Gasteiger partial charge in [0, 0.05) is 43.7 Å². The van der Waals surface area contributed by atoms with Crippen molar-refractivity contribution in [3.63, 3.8) is 0 Å². The molecule has 1 N–H and O–H groups in total. The number of morpholine rings is 1. The second kappa shape index (κ2) is 8.88. The van der Waals surface area contributed by atoms with E-state index in [1.54, 1.807) is 0 Å². The molecule has 1 aromatic carbocycles. The predicted octanol–water partition coefficient (Wildman–Crippen LogP) is 2.38. The first-order chi connectivity index (χ1) is 13.7. The number of aromatic nitrogens is 1. The summed E-state index contributed by atoms with van der Waals surface area (Å²) in [5.74, 6) is 0.782. The molecule has 6 heteroatoms. The van der Waals surface area contributed by atoms with Crippen LogP contribution in [0.15, 0.2) is 35.1 Å². The van der Waals surface area contributed by atoms with Crippen molar-refractivity contribution in [2.75, 3.05) is 39.4 Å². The summed E-state index contributed by atoms with van der Waals surface area (Å²) in [5, 5.41) is 1.07.